The van der Waals surface area contributed by atoms with Crippen LogP contribution in [0.15, 0.2) is 30.3 Å². The van der Waals surface area contributed by atoms with Gasteiger partial charge in [0.15, 0.2) is 0 Å². The highest BCUT2D eigenvalue weighted by atomic mass is 19.4. The summed E-state index contributed by atoms with van der Waals surface area (Å²) in [4.78, 5) is 0. The summed E-state index contributed by atoms with van der Waals surface area (Å²) < 4.78 is 41.2. The molecular formula is C15H22F3NO. The van der Waals surface area contributed by atoms with E-state index in [1.807, 2.05) is 51.1 Å². The molecule has 0 aliphatic rings. The van der Waals surface area contributed by atoms with Crippen LogP contribution < -0.4 is 5.32 Å². The fourth-order valence-electron chi connectivity index (χ4n) is 1.74. The predicted octanol–water partition coefficient (Wildman–Crippen LogP) is 3.74. The third-order valence-corrected chi connectivity index (χ3v) is 2.73. The van der Waals surface area contributed by atoms with Crippen LogP contribution in [-0.2, 0) is 4.74 Å². The van der Waals surface area contributed by atoms with Crippen LogP contribution in [0.3, 0.4) is 0 Å². The highest BCUT2D eigenvalue weighted by molar-refractivity contribution is 5.20. The molecule has 1 atom stereocenters. The molecule has 1 aromatic rings. The van der Waals surface area contributed by atoms with Gasteiger partial charge in [-0.25, -0.2) is 0 Å². The van der Waals surface area contributed by atoms with Crippen LogP contribution in [0.25, 0.3) is 0 Å². The lowest BCUT2D eigenvalue weighted by Gasteiger charge is -2.25. The first kappa shape index (κ1) is 17.0. The molecule has 0 saturated carbocycles. The fraction of sp³-hybridized carbons (Fsp3) is 0.600. The minimum Gasteiger partial charge on any atom is -0.371 e. The van der Waals surface area contributed by atoms with Crippen LogP contribution in [0, 0.1) is 0 Å². The van der Waals surface area contributed by atoms with Gasteiger partial charge in [-0.05, 0) is 26.3 Å². The monoisotopic (exact) mass is 289 g/mol. The lowest BCUT2D eigenvalue weighted by atomic mass is 9.98. The number of nitrogens with one attached hydrogen (secondary N) is 1. The van der Waals surface area contributed by atoms with E-state index in [9.17, 15) is 13.2 Å². The van der Waals surface area contributed by atoms with Crippen molar-refractivity contribution in [3.05, 3.63) is 35.9 Å². The summed E-state index contributed by atoms with van der Waals surface area (Å²) in [6.45, 7) is 5.48. The number of hydrogen-bond donors (Lipinski definition) is 1. The molecule has 1 aromatic carbocycles. The molecule has 0 aliphatic carbocycles. The predicted molar refractivity (Wildman–Crippen MR) is 73.8 cm³/mol. The minimum absolute atomic E-state index is 0.0482. The van der Waals surface area contributed by atoms with Crippen molar-refractivity contribution in [1.82, 2.24) is 5.32 Å². The third-order valence-electron chi connectivity index (χ3n) is 2.73. The van der Waals surface area contributed by atoms with Gasteiger partial charge in [0.25, 0.3) is 0 Å². The Hall–Kier alpha value is -1.07. The summed E-state index contributed by atoms with van der Waals surface area (Å²) in [5, 5.41) is 3.31. The first-order valence-corrected chi connectivity index (χ1v) is 6.62. The number of rotatable bonds is 6. The second-order valence-electron chi connectivity index (χ2n) is 5.87. The van der Waals surface area contributed by atoms with E-state index in [-0.39, 0.29) is 18.1 Å². The van der Waals surface area contributed by atoms with E-state index in [1.165, 1.54) is 0 Å². The molecule has 1 rings (SSSR count). The van der Waals surface area contributed by atoms with E-state index in [0.29, 0.717) is 6.54 Å². The van der Waals surface area contributed by atoms with Crippen molar-refractivity contribution in [3.63, 3.8) is 0 Å². The molecule has 1 unspecified atom stereocenters. The Morgan fingerprint density at radius 3 is 2.20 bits per heavy atom. The zero-order valence-corrected chi connectivity index (χ0v) is 12.1. The number of hydrogen-bond acceptors (Lipinski definition) is 2. The molecule has 1 N–H and O–H groups in total. The average molecular weight is 289 g/mol. The maximum absolute atomic E-state index is 12.1. The molecule has 114 valence electrons. The van der Waals surface area contributed by atoms with Crippen molar-refractivity contribution < 1.29 is 17.9 Å². The first-order valence-electron chi connectivity index (χ1n) is 6.62. The van der Waals surface area contributed by atoms with Crippen LogP contribution >= 0.6 is 0 Å². The van der Waals surface area contributed by atoms with Gasteiger partial charge in [0, 0.05) is 18.0 Å². The Morgan fingerprint density at radius 2 is 1.70 bits per heavy atom. The maximum Gasteiger partial charge on any atom is 0.411 e. The minimum atomic E-state index is -4.28. The van der Waals surface area contributed by atoms with Crippen molar-refractivity contribution in [1.29, 1.82) is 0 Å². The molecular weight excluding hydrogens is 267 g/mol. The van der Waals surface area contributed by atoms with Gasteiger partial charge in [-0.1, -0.05) is 30.3 Å². The fourth-order valence-corrected chi connectivity index (χ4v) is 1.74. The van der Waals surface area contributed by atoms with E-state index in [2.05, 4.69) is 5.32 Å². The third kappa shape index (κ3) is 7.50. The van der Waals surface area contributed by atoms with Crippen LogP contribution in [-0.4, -0.2) is 31.5 Å². The van der Waals surface area contributed by atoms with Crippen LogP contribution in [0.1, 0.15) is 32.3 Å². The Balaban J connectivity index is 2.60. The van der Waals surface area contributed by atoms with E-state index in [1.54, 1.807) is 0 Å². The molecule has 0 bridgehead atoms. The SMILES string of the molecule is CC(C)(C)NCC(COCC(F)(F)F)c1ccccc1. The van der Waals surface area contributed by atoms with Gasteiger partial charge in [0.1, 0.15) is 6.61 Å². The van der Waals surface area contributed by atoms with Crippen molar-refractivity contribution in [2.75, 3.05) is 19.8 Å². The summed E-state index contributed by atoms with van der Waals surface area (Å²) in [5.41, 5.74) is 0.892. The summed E-state index contributed by atoms with van der Waals surface area (Å²) >= 11 is 0. The number of halogens is 3. The van der Waals surface area contributed by atoms with Crippen LogP contribution in [0.5, 0.6) is 0 Å². The lowest BCUT2D eigenvalue weighted by molar-refractivity contribution is -0.174. The number of alkyl halides is 3. The molecule has 2 nitrogen and oxygen atoms in total. The molecule has 0 fully saturated rings. The molecule has 0 aliphatic heterocycles. The topological polar surface area (TPSA) is 21.3 Å². The lowest BCUT2D eigenvalue weighted by Crippen LogP contribution is -2.39. The standard InChI is InChI=1S/C15H22F3NO/c1-14(2,3)19-9-13(10-20-11-15(16,17)18)12-7-5-4-6-8-12/h4-8,13,19H,9-11H2,1-3H3. The highest BCUT2D eigenvalue weighted by Crippen LogP contribution is 2.19. The van der Waals surface area contributed by atoms with Crippen LogP contribution in [0.4, 0.5) is 13.2 Å². The summed E-state index contributed by atoms with van der Waals surface area (Å²) in [5.74, 6) is -0.0993. The molecule has 0 radical (unpaired) electrons. The zero-order chi connectivity index (χ0) is 15.2. The molecule has 20 heavy (non-hydrogen) atoms. The van der Waals surface area contributed by atoms with Gasteiger partial charge < -0.3 is 10.1 Å². The summed E-state index contributed by atoms with van der Waals surface area (Å²) in [6, 6.07) is 9.46. The van der Waals surface area contributed by atoms with Gasteiger partial charge in [0.05, 0.1) is 6.61 Å². The van der Waals surface area contributed by atoms with E-state index < -0.39 is 12.8 Å². The quantitative estimate of drug-likeness (QED) is 0.861. The van der Waals surface area contributed by atoms with Crippen molar-refractivity contribution in [3.8, 4) is 0 Å². The molecule has 5 heteroatoms. The van der Waals surface area contributed by atoms with Gasteiger partial charge in [-0.3, -0.25) is 0 Å². The molecule has 0 heterocycles. The normalized spacial score (nSPS) is 14.3. The number of benzene rings is 1. The van der Waals surface area contributed by atoms with Gasteiger partial charge in [-0.2, -0.15) is 13.2 Å². The van der Waals surface area contributed by atoms with Gasteiger partial charge in [-0.15, -0.1) is 0 Å². The number of ether oxygens (including phenoxy) is 1. The Kier molecular flexibility index (Phi) is 6.02. The zero-order valence-electron chi connectivity index (χ0n) is 12.1. The van der Waals surface area contributed by atoms with E-state index in [0.717, 1.165) is 5.56 Å². The average Bonchev–Trinajstić information content (AvgIpc) is 2.32. The van der Waals surface area contributed by atoms with E-state index >= 15 is 0 Å². The molecule has 0 aromatic heterocycles. The molecule has 0 spiro atoms. The second-order valence-corrected chi connectivity index (χ2v) is 5.87. The summed E-state index contributed by atoms with van der Waals surface area (Å²) in [6.07, 6.45) is -4.28. The maximum atomic E-state index is 12.1. The smallest absolute Gasteiger partial charge is 0.371 e. The van der Waals surface area contributed by atoms with Crippen molar-refractivity contribution >= 4 is 0 Å². The van der Waals surface area contributed by atoms with Crippen molar-refractivity contribution in [2.24, 2.45) is 0 Å². The Bertz CT molecular complexity index is 384. The first-order chi connectivity index (χ1) is 9.17. The second kappa shape index (κ2) is 7.09. The molecule has 0 amide bonds. The van der Waals surface area contributed by atoms with Crippen LogP contribution in [0.2, 0.25) is 0 Å². The molecule has 0 saturated heterocycles. The van der Waals surface area contributed by atoms with Gasteiger partial charge >= 0.3 is 6.18 Å². The Morgan fingerprint density at radius 1 is 1.10 bits per heavy atom. The largest absolute Gasteiger partial charge is 0.411 e. The van der Waals surface area contributed by atoms with E-state index in [4.69, 9.17) is 4.74 Å². The highest BCUT2D eigenvalue weighted by Gasteiger charge is 2.28. The van der Waals surface area contributed by atoms with Crippen molar-refractivity contribution in [2.45, 2.75) is 38.4 Å². The Labute approximate surface area is 118 Å². The van der Waals surface area contributed by atoms with Gasteiger partial charge in [0.2, 0.25) is 0 Å². The summed E-state index contributed by atoms with van der Waals surface area (Å²) in [7, 11) is 0.